The molecule has 3 rings (SSSR count). The summed E-state index contributed by atoms with van der Waals surface area (Å²) in [5.41, 5.74) is 0.555. The van der Waals surface area contributed by atoms with E-state index in [9.17, 15) is 27.6 Å². The molecular weight excluding hydrogens is 377 g/mol. The van der Waals surface area contributed by atoms with Crippen LogP contribution in [0.1, 0.15) is 31.4 Å². The summed E-state index contributed by atoms with van der Waals surface area (Å²) in [4.78, 5) is 38.0. The molecule has 1 aromatic carbocycles. The van der Waals surface area contributed by atoms with E-state index in [4.69, 9.17) is 0 Å². The zero-order valence-electron chi connectivity index (χ0n) is 15.0. The first kappa shape index (κ1) is 19.9. The van der Waals surface area contributed by atoms with Gasteiger partial charge in [0.15, 0.2) is 0 Å². The second-order valence-electron chi connectivity index (χ2n) is 6.82. The minimum atomic E-state index is -4.77. The van der Waals surface area contributed by atoms with E-state index in [1.807, 2.05) is 12.2 Å². The van der Waals surface area contributed by atoms with Gasteiger partial charge in [-0.2, -0.15) is 0 Å². The van der Waals surface area contributed by atoms with Crippen molar-refractivity contribution in [1.82, 2.24) is 10.2 Å². The van der Waals surface area contributed by atoms with Crippen LogP contribution in [-0.4, -0.2) is 35.5 Å². The van der Waals surface area contributed by atoms with Gasteiger partial charge in [0, 0.05) is 0 Å². The molecule has 1 aromatic rings. The lowest BCUT2D eigenvalue weighted by Gasteiger charge is -2.18. The fourth-order valence-electron chi connectivity index (χ4n) is 3.50. The van der Waals surface area contributed by atoms with E-state index in [-0.39, 0.29) is 24.1 Å². The number of allylic oxidation sites excluding steroid dienone is 2. The first-order chi connectivity index (χ1) is 13.2. The number of hydrogen-bond acceptors (Lipinski definition) is 4. The molecule has 3 unspecified atom stereocenters. The number of fused-ring (bicyclic) bond motifs is 1. The molecule has 2 aliphatic rings. The third-order valence-corrected chi connectivity index (χ3v) is 4.89. The first-order valence-electron chi connectivity index (χ1n) is 8.81. The summed E-state index contributed by atoms with van der Waals surface area (Å²) in [6, 6.07) is 4.58. The standard InChI is InChI=1S/C19H19F3N2O4/c1-11(12-6-8-13(9-7-12)28-19(20,21)22)23-16(25)10-24-17(26)14-4-2-3-5-15(14)18(24)27/h2-3,6-9,11,14-15H,4-5,10H2,1H3,(H,23,25). The van der Waals surface area contributed by atoms with Crippen molar-refractivity contribution in [2.45, 2.75) is 32.2 Å². The number of ether oxygens (including phenoxy) is 1. The molecule has 1 fully saturated rings. The molecule has 3 amide bonds. The monoisotopic (exact) mass is 396 g/mol. The SMILES string of the molecule is CC(NC(=O)CN1C(=O)C2CC=CCC2C1=O)c1ccc(OC(F)(F)F)cc1. The number of likely N-dealkylation sites (tertiary alicyclic amines) is 1. The third-order valence-electron chi connectivity index (χ3n) is 4.89. The highest BCUT2D eigenvalue weighted by molar-refractivity contribution is 6.07. The van der Waals surface area contributed by atoms with Crippen molar-refractivity contribution in [2.75, 3.05) is 6.54 Å². The molecule has 6 nitrogen and oxygen atoms in total. The van der Waals surface area contributed by atoms with Gasteiger partial charge in [0.25, 0.3) is 0 Å². The van der Waals surface area contributed by atoms with Gasteiger partial charge >= 0.3 is 6.36 Å². The summed E-state index contributed by atoms with van der Waals surface area (Å²) in [6.07, 6.45) is -0.0522. The Labute approximate surface area is 159 Å². The van der Waals surface area contributed by atoms with Crippen molar-refractivity contribution in [3.8, 4) is 5.75 Å². The van der Waals surface area contributed by atoms with Crippen LogP contribution in [0.2, 0.25) is 0 Å². The molecule has 1 heterocycles. The topological polar surface area (TPSA) is 75.7 Å². The van der Waals surface area contributed by atoms with E-state index in [1.165, 1.54) is 12.1 Å². The molecule has 1 aliphatic carbocycles. The Hall–Kier alpha value is -2.84. The highest BCUT2D eigenvalue weighted by Gasteiger charge is 2.47. The van der Waals surface area contributed by atoms with E-state index in [2.05, 4.69) is 10.1 Å². The van der Waals surface area contributed by atoms with E-state index < -0.39 is 30.1 Å². The number of amides is 3. The lowest BCUT2D eigenvalue weighted by Crippen LogP contribution is -2.41. The van der Waals surface area contributed by atoms with Gasteiger partial charge in [0.2, 0.25) is 17.7 Å². The zero-order chi connectivity index (χ0) is 20.5. The summed E-state index contributed by atoms with van der Waals surface area (Å²) >= 11 is 0. The van der Waals surface area contributed by atoms with Crippen LogP contribution in [0.25, 0.3) is 0 Å². The van der Waals surface area contributed by atoms with Crippen LogP contribution in [0, 0.1) is 11.8 Å². The molecule has 0 saturated carbocycles. The molecule has 150 valence electrons. The number of carbonyl (C=O) groups is 3. The maximum atomic E-state index is 12.4. The van der Waals surface area contributed by atoms with Gasteiger partial charge in [-0.1, -0.05) is 24.3 Å². The van der Waals surface area contributed by atoms with E-state index >= 15 is 0 Å². The number of nitrogens with zero attached hydrogens (tertiary/aromatic N) is 1. The predicted molar refractivity (Wildman–Crippen MR) is 91.8 cm³/mol. The lowest BCUT2D eigenvalue weighted by atomic mass is 9.85. The molecule has 9 heteroatoms. The Morgan fingerprint density at radius 2 is 1.68 bits per heavy atom. The second-order valence-corrected chi connectivity index (χ2v) is 6.82. The fourth-order valence-corrected chi connectivity index (χ4v) is 3.50. The Kier molecular flexibility index (Phi) is 5.44. The highest BCUT2D eigenvalue weighted by Crippen LogP contribution is 2.34. The lowest BCUT2D eigenvalue weighted by molar-refractivity contribution is -0.274. The maximum absolute atomic E-state index is 12.4. The van der Waals surface area contributed by atoms with Gasteiger partial charge < -0.3 is 10.1 Å². The van der Waals surface area contributed by atoms with Gasteiger partial charge in [-0.05, 0) is 37.5 Å². The molecule has 0 aromatic heterocycles. The summed E-state index contributed by atoms with van der Waals surface area (Å²) in [5, 5.41) is 2.65. The summed E-state index contributed by atoms with van der Waals surface area (Å²) < 4.78 is 40.4. The van der Waals surface area contributed by atoms with Crippen molar-refractivity contribution in [2.24, 2.45) is 11.8 Å². The minimum absolute atomic E-state index is 0.337. The van der Waals surface area contributed by atoms with Crippen LogP contribution in [0.4, 0.5) is 13.2 Å². The van der Waals surface area contributed by atoms with Gasteiger partial charge in [-0.15, -0.1) is 13.2 Å². The number of rotatable bonds is 5. The molecule has 1 saturated heterocycles. The fraction of sp³-hybridized carbons (Fsp3) is 0.421. The number of hydrogen-bond donors (Lipinski definition) is 1. The number of carbonyl (C=O) groups excluding carboxylic acids is 3. The first-order valence-corrected chi connectivity index (χ1v) is 8.81. The van der Waals surface area contributed by atoms with E-state index in [0.717, 1.165) is 17.0 Å². The summed E-state index contributed by atoms with van der Waals surface area (Å²) in [5.74, 6) is -2.35. The number of nitrogens with one attached hydrogen (secondary N) is 1. The number of halogens is 3. The largest absolute Gasteiger partial charge is 0.573 e. The normalized spacial score (nSPS) is 22.8. The molecule has 3 atom stereocenters. The molecular formula is C19H19F3N2O4. The second kappa shape index (κ2) is 7.65. The number of alkyl halides is 3. The van der Waals surface area contributed by atoms with Crippen LogP contribution >= 0.6 is 0 Å². The van der Waals surface area contributed by atoms with Crippen molar-refractivity contribution < 1.29 is 32.3 Å². The third kappa shape index (κ3) is 4.35. The van der Waals surface area contributed by atoms with Gasteiger partial charge in [0.1, 0.15) is 12.3 Å². The summed E-state index contributed by atoms with van der Waals surface area (Å²) in [6.45, 7) is 1.28. The van der Waals surface area contributed by atoms with Crippen molar-refractivity contribution in [3.05, 3.63) is 42.0 Å². The predicted octanol–water partition coefficient (Wildman–Crippen LogP) is 2.71. The van der Waals surface area contributed by atoms with Crippen LogP contribution < -0.4 is 10.1 Å². The Morgan fingerprint density at radius 3 is 2.18 bits per heavy atom. The van der Waals surface area contributed by atoms with Crippen LogP contribution in [0.5, 0.6) is 5.75 Å². The number of benzene rings is 1. The van der Waals surface area contributed by atoms with Crippen molar-refractivity contribution in [1.29, 1.82) is 0 Å². The molecule has 0 bridgehead atoms. The van der Waals surface area contributed by atoms with Crippen molar-refractivity contribution in [3.63, 3.8) is 0 Å². The maximum Gasteiger partial charge on any atom is 0.573 e. The Balaban J connectivity index is 1.57. The van der Waals surface area contributed by atoms with Gasteiger partial charge in [-0.3, -0.25) is 19.3 Å². The van der Waals surface area contributed by atoms with E-state index in [0.29, 0.717) is 18.4 Å². The smallest absolute Gasteiger partial charge is 0.406 e. The molecule has 28 heavy (non-hydrogen) atoms. The Bertz CT molecular complexity index is 778. The van der Waals surface area contributed by atoms with Crippen LogP contribution in [0.15, 0.2) is 36.4 Å². The average Bonchev–Trinajstić information content (AvgIpc) is 2.86. The van der Waals surface area contributed by atoms with Gasteiger partial charge in [-0.25, -0.2) is 0 Å². The molecule has 1 N–H and O–H groups in total. The minimum Gasteiger partial charge on any atom is -0.406 e. The number of imide groups is 1. The Morgan fingerprint density at radius 1 is 1.14 bits per heavy atom. The highest BCUT2D eigenvalue weighted by atomic mass is 19.4. The summed E-state index contributed by atoms with van der Waals surface area (Å²) in [7, 11) is 0. The van der Waals surface area contributed by atoms with Gasteiger partial charge in [0.05, 0.1) is 17.9 Å². The van der Waals surface area contributed by atoms with E-state index in [1.54, 1.807) is 6.92 Å². The van der Waals surface area contributed by atoms with Crippen molar-refractivity contribution >= 4 is 17.7 Å². The average molecular weight is 396 g/mol. The molecule has 1 aliphatic heterocycles. The zero-order valence-corrected chi connectivity index (χ0v) is 15.0. The quantitative estimate of drug-likeness (QED) is 0.613. The molecule has 0 spiro atoms. The van der Waals surface area contributed by atoms with Crippen LogP contribution in [0.3, 0.4) is 0 Å². The van der Waals surface area contributed by atoms with Crippen LogP contribution in [-0.2, 0) is 14.4 Å². The molecule has 0 radical (unpaired) electrons.